The Morgan fingerprint density at radius 2 is 1.59 bits per heavy atom. The summed E-state index contributed by atoms with van der Waals surface area (Å²) in [6, 6.07) is 14.2. The predicted octanol–water partition coefficient (Wildman–Crippen LogP) is 3.14. The van der Waals surface area contributed by atoms with Crippen LogP contribution in [0.25, 0.3) is 22.0 Å². The lowest BCUT2D eigenvalue weighted by atomic mass is 9.88. The summed E-state index contributed by atoms with van der Waals surface area (Å²) in [6.07, 6.45) is 3.84. The Balaban J connectivity index is 1.41. The Labute approximate surface area is 187 Å². The number of H-pyrrole nitrogens is 1. The number of nitrogens with zero attached hydrogens (tertiary/aromatic N) is 2. The third-order valence-corrected chi connectivity index (χ3v) is 6.79. The molecule has 0 atom stereocenters. The summed E-state index contributed by atoms with van der Waals surface area (Å²) in [4.78, 5) is 32.3. The van der Waals surface area contributed by atoms with Crippen molar-refractivity contribution < 1.29 is 9.59 Å². The van der Waals surface area contributed by atoms with Gasteiger partial charge in [-0.15, -0.1) is 0 Å². The molecule has 2 fully saturated rings. The van der Waals surface area contributed by atoms with E-state index in [1.165, 1.54) is 5.56 Å². The van der Waals surface area contributed by atoms with Crippen molar-refractivity contribution in [2.24, 2.45) is 5.73 Å². The zero-order valence-corrected chi connectivity index (χ0v) is 18.1. The lowest BCUT2D eigenvalue weighted by Gasteiger charge is -2.37. The van der Waals surface area contributed by atoms with Crippen LogP contribution in [0.2, 0.25) is 0 Å². The van der Waals surface area contributed by atoms with Gasteiger partial charge in [-0.05, 0) is 47.6 Å². The standard InChI is InChI=1S/C25H29N5O2/c26-24(31)21-15-19(17-4-2-1-3-5-17)14-20-22(16-28-23(20)21)18-6-10-29(11-7-18)25(32)30-12-8-27-9-13-30/h1-5,14-16,18,27-28H,6-13H2,(H2,26,31). The Kier molecular flexibility index (Phi) is 5.57. The molecule has 0 radical (unpaired) electrons. The van der Waals surface area contributed by atoms with Gasteiger partial charge in [-0.1, -0.05) is 30.3 Å². The van der Waals surface area contributed by atoms with Crippen molar-refractivity contribution in [3.8, 4) is 11.1 Å². The topological polar surface area (TPSA) is 94.5 Å². The summed E-state index contributed by atoms with van der Waals surface area (Å²) in [5.41, 5.74) is 10.3. The number of piperidine rings is 1. The van der Waals surface area contributed by atoms with Crippen LogP contribution in [0.4, 0.5) is 4.79 Å². The second kappa shape index (κ2) is 8.67. The summed E-state index contributed by atoms with van der Waals surface area (Å²) in [5, 5.41) is 4.34. The van der Waals surface area contributed by atoms with E-state index in [0.717, 1.165) is 74.1 Å². The van der Waals surface area contributed by atoms with Gasteiger partial charge in [-0.2, -0.15) is 0 Å². The quantitative estimate of drug-likeness (QED) is 0.595. The number of rotatable bonds is 3. The van der Waals surface area contributed by atoms with Crippen molar-refractivity contribution >= 4 is 22.8 Å². The molecule has 3 heterocycles. The maximum Gasteiger partial charge on any atom is 0.320 e. The van der Waals surface area contributed by atoms with E-state index in [0.29, 0.717) is 11.5 Å². The summed E-state index contributed by atoms with van der Waals surface area (Å²) < 4.78 is 0. The van der Waals surface area contributed by atoms with Crippen LogP contribution in [0.1, 0.15) is 34.7 Å². The van der Waals surface area contributed by atoms with E-state index >= 15 is 0 Å². The van der Waals surface area contributed by atoms with Gasteiger partial charge in [0.2, 0.25) is 0 Å². The molecular formula is C25H29N5O2. The lowest BCUT2D eigenvalue weighted by Crippen LogP contribution is -2.52. The average molecular weight is 432 g/mol. The number of aromatic nitrogens is 1. The smallest absolute Gasteiger partial charge is 0.320 e. The highest BCUT2D eigenvalue weighted by molar-refractivity contribution is 6.07. The average Bonchev–Trinajstić information content (AvgIpc) is 3.28. The number of fused-ring (bicyclic) bond motifs is 1. The third kappa shape index (κ3) is 3.84. The number of aromatic amines is 1. The molecule has 3 aromatic rings. The molecule has 0 unspecified atom stereocenters. The molecule has 2 aliphatic heterocycles. The van der Waals surface area contributed by atoms with Crippen LogP contribution in [0.3, 0.4) is 0 Å². The fourth-order valence-corrected chi connectivity index (χ4v) is 5.02. The Bertz CT molecular complexity index is 1130. The molecule has 0 aliphatic carbocycles. The molecule has 2 aliphatic rings. The molecule has 5 rings (SSSR count). The minimum absolute atomic E-state index is 0.159. The van der Waals surface area contributed by atoms with E-state index in [9.17, 15) is 9.59 Å². The number of nitrogens with one attached hydrogen (secondary N) is 2. The van der Waals surface area contributed by atoms with Crippen LogP contribution in [-0.2, 0) is 0 Å². The van der Waals surface area contributed by atoms with Crippen LogP contribution < -0.4 is 11.1 Å². The molecule has 3 amide bonds. The fourth-order valence-electron chi connectivity index (χ4n) is 5.02. The van der Waals surface area contributed by atoms with Gasteiger partial charge in [0.25, 0.3) is 5.91 Å². The summed E-state index contributed by atoms with van der Waals surface area (Å²) >= 11 is 0. The van der Waals surface area contributed by atoms with Crippen LogP contribution >= 0.6 is 0 Å². The lowest BCUT2D eigenvalue weighted by molar-refractivity contribution is 0.100. The Hall–Kier alpha value is -3.32. The maximum atomic E-state index is 12.8. The largest absolute Gasteiger partial charge is 0.366 e. The molecule has 4 N–H and O–H groups in total. The highest BCUT2D eigenvalue weighted by Crippen LogP contribution is 2.36. The van der Waals surface area contributed by atoms with Crippen molar-refractivity contribution in [2.45, 2.75) is 18.8 Å². The van der Waals surface area contributed by atoms with Crippen molar-refractivity contribution in [3.63, 3.8) is 0 Å². The van der Waals surface area contributed by atoms with Crippen LogP contribution in [0, 0.1) is 0 Å². The van der Waals surface area contributed by atoms with Gasteiger partial charge in [0, 0.05) is 50.9 Å². The number of carbonyl (C=O) groups is 2. The third-order valence-electron chi connectivity index (χ3n) is 6.79. The Morgan fingerprint density at radius 3 is 2.28 bits per heavy atom. The van der Waals surface area contributed by atoms with E-state index < -0.39 is 5.91 Å². The van der Waals surface area contributed by atoms with E-state index in [4.69, 9.17) is 5.73 Å². The van der Waals surface area contributed by atoms with Gasteiger partial charge < -0.3 is 25.8 Å². The first-order chi connectivity index (χ1) is 15.6. The highest BCUT2D eigenvalue weighted by Gasteiger charge is 2.29. The molecule has 32 heavy (non-hydrogen) atoms. The highest BCUT2D eigenvalue weighted by atomic mass is 16.2. The number of urea groups is 1. The number of primary amides is 1. The van der Waals surface area contributed by atoms with Crippen molar-refractivity contribution in [2.75, 3.05) is 39.3 Å². The fraction of sp³-hybridized carbons (Fsp3) is 0.360. The van der Waals surface area contributed by atoms with E-state index in [1.54, 1.807) is 0 Å². The Morgan fingerprint density at radius 1 is 0.906 bits per heavy atom. The van der Waals surface area contributed by atoms with E-state index in [-0.39, 0.29) is 6.03 Å². The van der Waals surface area contributed by atoms with Gasteiger partial charge in [0.05, 0.1) is 11.1 Å². The van der Waals surface area contributed by atoms with Crippen LogP contribution in [0.5, 0.6) is 0 Å². The summed E-state index contributed by atoms with van der Waals surface area (Å²) in [6.45, 7) is 4.79. The molecule has 166 valence electrons. The number of likely N-dealkylation sites (tertiary alicyclic amines) is 1. The number of benzene rings is 2. The minimum atomic E-state index is -0.433. The number of nitrogens with two attached hydrogens (primary N) is 1. The van der Waals surface area contributed by atoms with Gasteiger partial charge in [0.1, 0.15) is 0 Å². The first kappa shape index (κ1) is 20.6. The number of piperazine rings is 1. The van der Waals surface area contributed by atoms with Gasteiger partial charge in [0.15, 0.2) is 0 Å². The summed E-state index contributed by atoms with van der Waals surface area (Å²) in [7, 11) is 0. The molecule has 0 saturated carbocycles. The van der Waals surface area contributed by atoms with Crippen LogP contribution in [0.15, 0.2) is 48.7 Å². The van der Waals surface area contributed by atoms with Gasteiger partial charge in [-0.3, -0.25) is 4.79 Å². The first-order valence-corrected chi connectivity index (χ1v) is 11.4. The SMILES string of the molecule is NC(=O)c1cc(-c2ccccc2)cc2c(C3CCN(C(=O)N4CCNCC4)CC3)c[nH]c12. The number of hydrogen-bond donors (Lipinski definition) is 3. The zero-order chi connectivity index (χ0) is 22.1. The van der Waals surface area contributed by atoms with Crippen molar-refractivity contribution in [1.82, 2.24) is 20.1 Å². The molecule has 7 nitrogen and oxygen atoms in total. The number of carbonyl (C=O) groups excluding carboxylic acids is 2. The predicted molar refractivity (Wildman–Crippen MR) is 126 cm³/mol. The van der Waals surface area contributed by atoms with Crippen LogP contribution in [-0.4, -0.2) is 66.0 Å². The zero-order valence-electron chi connectivity index (χ0n) is 18.1. The molecule has 2 saturated heterocycles. The number of hydrogen-bond acceptors (Lipinski definition) is 3. The normalized spacial score (nSPS) is 17.6. The molecule has 0 bridgehead atoms. The minimum Gasteiger partial charge on any atom is -0.366 e. The molecule has 0 spiro atoms. The van der Waals surface area contributed by atoms with E-state index in [1.807, 2.05) is 52.4 Å². The second-order valence-corrected chi connectivity index (χ2v) is 8.70. The molecular weight excluding hydrogens is 402 g/mol. The molecule has 2 aromatic carbocycles. The first-order valence-electron chi connectivity index (χ1n) is 11.4. The second-order valence-electron chi connectivity index (χ2n) is 8.70. The molecule has 7 heteroatoms. The van der Waals surface area contributed by atoms with Gasteiger partial charge >= 0.3 is 6.03 Å². The summed E-state index contributed by atoms with van der Waals surface area (Å²) in [5.74, 6) is -0.0970. The van der Waals surface area contributed by atoms with Gasteiger partial charge in [-0.25, -0.2) is 4.79 Å². The number of amides is 3. The maximum absolute atomic E-state index is 12.8. The van der Waals surface area contributed by atoms with E-state index in [2.05, 4.69) is 16.4 Å². The van der Waals surface area contributed by atoms with Crippen molar-refractivity contribution in [3.05, 3.63) is 59.8 Å². The monoisotopic (exact) mass is 431 g/mol. The molecule has 1 aromatic heterocycles. The van der Waals surface area contributed by atoms with Crippen molar-refractivity contribution in [1.29, 1.82) is 0 Å².